The molecular weight excluding hydrogens is 196 g/mol. The summed E-state index contributed by atoms with van der Waals surface area (Å²) < 4.78 is 0. The van der Waals surface area contributed by atoms with Crippen LogP contribution in [0.4, 0.5) is 0 Å². The summed E-state index contributed by atoms with van der Waals surface area (Å²) >= 11 is 6.12. The van der Waals surface area contributed by atoms with E-state index in [0.29, 0.717) is 0 Å². The molecule has 69 valence electrons. The Morgan fingerprint density at radius 2 is 2.08 bits per heavy atom. The average Bonchev–Trinajstić information content (AvgIpc) is 2.12. The van der Waals surface area contributed by atoms with E-state index in [0.717, 1.165) is 16.6 Å². The third kappa shape index (κ3) is 2.58. The van der Waals surface area contributed by atoms with E-state index in [1.54, 1.807) is 0 Å². The summed E-state index contributed by atoms with van der Waals surface area (Å²) in [6.45, 7) is 4.31. The predicted molar refractivity (Wildman–Crippen MR) is 60.2 cm³/mol. The first-order valence-electron chi connectivity index (χ1n) is 4.66. The molecule has 3 radical (unpaired) electrons. The van der Waals surface area contributed by atoms with Gasteiger partial charge in [0.05, 0.1) is 10.2 Å². The topological polar surface area (TPSA) is 0 Å². The highest BCUT2D eigenvalue weighted by Gasteiger charge is 2.05. The minimum absolute atomic E-state index is 0.896. The second-order valence-corrected chi connectivity index (χ2v) is 4.25. The molecule has 0 unspecified atom stereocenters. The van der Waals surface area contributed by atoms with E-state index in [1.165, 1.54) is 24.0 Å². The lowest BCUT2D eigenvalue weighted by atomic mass is 10.0. The largest absolute Gasteiger partial charge is 0.0840 e. The van der Waals surface area contributed by atoms with Crippen LogP contribution >= 0.6 is 11.6 Å². The zero-order chi connectivity index (χ0) is 9.84. The van der Waals surface area contributed by atoms with E-state index in [4.69, 9.17) is 11.6 Å². The fraction of sp³-hybridized carbons (Fsp3) is 0.455. The van der Waals surface area contributed by atoms with Crippen molar-refractivity contribution in [2.45, 2.75) is 33.1 Å². The second kappa shape index (κ2) is 4.82. The molecule has 1 rings (SSSR count). The molecule has 1 aromatic rings. The number of halogens is 1. The Balaban J connectivity index is 2.96. The lowest BCUT2D eigenvalue weighted by Crippen LogP contribution is -2.10. The molecule has 0 aromatic heterocycles. The Hall–Kier alpha value is -0.273. The van der Waals surface area contributed by atoms with E-state index >= 15 is 0 Å². The van der Waals surface area contributed by atoms with Crippen molar-refractivity contribution in [3.05, 3.63) is 28.3 Å². The Labute approximate surface area is 88.7 Å². The summed E-state index contributed by atoms with van der Waals surface area (Å²) in [5, 5.41) is 2.04. The van der Waals surface area contributed by atoms with Gasteiger partial charge in [0.15, 0.2) is 0 Å². The SMILES string of the molecule is CCCCc1c(Cl)ccc([Si])c1C. The molecule has 1 aromatic carbocycles. The highest BCUT2D eigenvalue weighted by Crippen LogP contribution is 2.19. The predicted octanol–water partition coefficient (Wildman–Crippen LogP) is 2.78. The van der Waals surface area contributed by atoms with Crippen LogP contribution in [0.1, 0.15) is 30.9 Å². The summed E-state index contributed by atoms with van der Waals surface area (Å²) in [6.07, 6.45) is 3.50. The number of unbranched alkanes of at least 4 members (excludes halogenated alkanes) is 1. The third-order valence-corrected chi connectivity index (χ3v) is 3.22. The number of rotatable bonds is 3. The molecule has 0 heterocycles. The van der Waals surface area contributed by atoms with E-state index in [-0.39, 0.29) is 0 Å². The lowest BCUT2D eigenvalue weighted by molar-refractivity contribution is 0.792. The second-order valence-electron chi connectivity index (χ2n) is 3.30. The molecule has 0 atom stereocenters. The van der Waals surface area contributed by atoms with E-state index in [9.17, 15) is 0 Å². The van der Waals surface area contributed by atoms with Crippen molar-refractivity contribution < 1.29 is 0 Å². The maximum absolute atomic E-state index is 6.12. The van der Waals surface area contributed by atoms with Crippen molar-refractivity contribution in [2.75, 3.05) is 0 Å². The van der Waals surface area contributed by atoms with Crippen molar-refractivity contribution >= 4 is 27.0 Å². The molecule has 0 aliphatic carbocycles. The van der Waals surface area contributed by atoms with Gasteiger partial charge in [0.1, 0.15) is 0 Å². The zero-order valence-electron chi connectivity index (χ0n) is 8.15. The van der Waals surface area contributed by atoms with Gasteiger partial charge in [-0.25, -0.2) is 0 Å². The summed E-state index contributed by atoms with van der Waals surface area (Å²) in [6, 6.07) is 3.96. The molecule has 0 nitrogen and oxygen atoms in total. The molecule has 0 aliphatic rings. The first-order valence-corrected chi connectivity index (χ1v) is 5.54. The number of hydrogen-bond acceptors (Lipinski definition) is 0. The van der Waals surface area contributed by atoms with Gasteiger partial charge in [-0.1, -0.05) is 36.2 Å². The summed E-state index contributed by atoms with van der Waals surface area (Å²) in [4.78, 5) is 0. The smallest absolute Gasteiger partial charge is 0.0715 e. The highest BCUT2D eigenvalue weighted by molar-refractivity contribution is 6.35. The van der Waals surface area contributed by atoms with Gasteiger partial charge in [-0.05, 0) is 37.0 Å². The number of benzene rings is 1. The molecular formula is C11H14ClSi. The van der Waals surface area contributed by atoms with Crippen molar-refractivity contribution in [1.82, 2.24) is 0 Å². The summed E-state index contributed by atoms with van der Waals surface area (Å²) in [5.41, 5.74) is 2.56. The van der Waals surface area contributed by atoms with Crippen LogP contribution in [0.2, 0.25) is 5.02 Å². The van der Waals surface area contributed by atoms with Gasteiger partial charge in [0.2, 0.25) is 0 Å². The van der Waals surface area contributed by atoms with Gasteiger partial charge in [-0.2, -0.15) is 0 Å². The Kier molecular flexibility index (Phi) is 4.01. The van der Waals surface area contributed by atoms with Crippen LogP contribution in [0.5, 0.6) is 0 Å². The van der Waals surface area contributed by atoms with Gasteiger partial charge in [0, 0.05) is 5.02 Å². The lowest BCUT2D eigenvalue weighted by Gasteiger charge is -2.10. The normalized spacial score (nSPS) is 10.5. The summed E-state index contributed by atoms with van der Waals surface area (Å²) in [7, 11) is 3.56. The van der Waals surface area contributed by atoms with Gasteiger partial charge in [-0.15, -0.1) is 0 Å². The van der Waals surface area contributed by atoms with Gasteiger partial charge in [0.25, 0.3) is 0 Å². The average molecular weight is 210 g/mol. The van der Waals surface area contributed by atoms with Crippen LogP contribution in [-0.2, 0) is 6.42 Å². The van der Waals surface area contributed by atoms with Crippen molar-refractivity contribution in [3.8, 4) is 0 Å². The van der Waals surface area contributed by atoms with E-state index in [1.807, 2.05) is 12.1 Å². The fourth-order valence-corrected chi connectivity index (χ4v) is 1.92. The molecule has 0 amide bonds. The molecule has 0 saturated heterocycles. The summed E-state index contributed by atoms with van der Waals surface area (Å²) in [5.74, 6) is 0. The van der Waals surface area contributed by atoms with E-state index in [2.05, 4.69) is 24.1 Å². The van der Waals surface area contributed by atoms with Crippen molar-refractivity contribution in [1.29, 1.82) is 0 Å². The standard InChI is InChI=1S/C11H14ClSi/c1-3-4-5-9-8(2)11(13)7-6-10(9)12/h6-7H,3-5H2,1-2H3. The quantitative estimate of drug-likeness (QED) is 0.672. The van der Waals surface area contributed by atoms with Crippen LogP contribution in [0.3, 0.4) is 0 Å². The zero-order valence-corrected chi connectivity index (χ0v) is 9.91. The fourth-order valence-electron chi connectivity index (χ4n) is 1.38. The molecule has 2 heteroatoms. The van der Waals surface area contributed by atoms with Gasteiger partial charge < -0.3 is 0 Å². The highest BCUT2D eigenvalue weighted by atomic mass is 35.5. The van der Waals surface area contributed by atoms with Crippen LogP contribution < -0.4 is 5.19 Å². The minimum atomic E-state index is 0.896. The van der Waals surface area contributed by atoms with Gasteiger partial charge >= 0.3 is 0 Å². The first-order chi connectivity index (χ1) is 6.16. The van der Waals surface area contributed by atoms with Crippen LogP contribution in [-0.4, -0.2) is 10.2 Å². The Bertz CT molecular complexity index is 294. The van der Waals surface area contributed by atoms with E-state index < -0.39 is 0 Å². The maximum Gasteiger partial charge on any atom is 0.0715 e. The molecule has 0 saturated carbocycles. The number of hydrogen-bond donors (Lipinski definition) is 0. The molecule has 0 fully saturated rings. The van der Waals surface area contributed by atoms with Gasteiger partial charge in [-0.3, -0.25) is 0 Å². The Morgan fingerprint density at radius 1 is 1.38 bits per heavy atom. The monoisotopic (exact) mass is 209 g/mol. The third-order valence-electron chi connectivity index (χ3n) is 2.32. The minimum Gasteiger partial charge on any atom is -0.0840 e. The molecule has 0 aliphatic heterocycles. The van der Waals surface area contributed by atoms with Crippen LogP contribution in [0, 0.1) is 6.92 Å². The molecule has 0 bridgehead atoms. The maximum atomic E-state index is 6.12. The molecule has 0 spiro atoms. The first kappa shape index (κ1) is 10.8. The van der Waals surface area contributed by atoms with Crippen molar-refractivity contribution in [2.24, 2.45) is 0 Å². The van der Waals surface area contributed by atoms with Crippen LogP contribution in [0.15, 0.2) is 12.1 Å². The van der Waals surface area contributed by atoms with Crippen molar-refractivity contribution in [3.63, 3.8) is 0 Å². The molecule has 0 N–H and O–H groups in total. The molecule has 13 heavy (non-hydrogen) atoms. The Morgan fingerprint density at radius 3 is 2.69 bits per heavy atom. The van der Waals surface area contributed by atoms with Crippen LogP contribution in [0.25, 0.3) is 0 Å².